The van der Waals surface area contributed by atoms with Crippen molar-refractivity contribution < 1.29 is 13.5 Å². The van der Waals surface area contributed by atoms with Gasteiger partial charge in [-0.3, -0.25) is 0 Å². The summed E-state index contributed by atoms with van der Waals surface area (Å²) in [6.07, 6.45) is 0.484. The Kier molecular flexibility index (Phi) is 4.47. The molecule has 4 nitrogen and oxygen atoms in total. The van der Waals surface area contributed by atoms with Gasteiger partial charge in [0, 0.05) is 6.54 Å². The van der Waals surface area contributed by atoms with E-state index in [9.17, 15) is 13.5 Å². The van der Waals surface area contributed by atoms with Gasteiger partial charge in [0.05, 0.1) is 5.60 Å². The van der Waals surface area contributed by atoms with Crippen LogP contribution in [0.2, 0.25) is 0 Å². The standard InChI is InChI=1S/C6H14ClNO3S/c1-3-6(2,9)4-8-12(10,11)5-7/h8-9H,3-5H2,1-2H3. The number of aliphatic hydroxyl groups is 1. The summed E-state index contributed by atoms with van der Waals surface area (Å²) < 4.78 is 23.8. The van der Waals surface area contributed by atoms with Crippen molar-refractivity contribution in [1.29, 1.82) is 0 Å². The van der Waals surface area contributed by atoms with Gasteiger partial charge in [-0.25, -0.2) is 13.1 Å². The van der Waals surface area contributed by atoms with Gasteiger partial charge in [0.25, 0.3) is 0 Å². The smallest absolute Gasteiger partial charge is 0.225 e. The lowest BCUT2D eigenvalue weighted by molar-refractivity contribution is 0.0614. The quantitative estimate of drug-likeness (QED) is 0.647. The van der Waals surface area contributed by atoms with Crippen LogP contribution in [0, 0.1) is 0 Å². The lowest BCUT2D eigenvalue weighted by Gasteiger charge is -2.20. The molecule has 0 spiro atoms. The molecular formula is C6H14ClNO3S. The number of nitrogens with one attached hydrogen (secondary N) is 1. The van der Waals surface area contributed by atoms with E-state index in [-0.39, 0.29) is 6.54 Å². The molecule has 2 N–H and O–H groups in total. The molecule has 0 fully saturated rings. The maximum atomic E-state index is 10.8. The molecule has 0 aliphatic carbocycles. The molecule has 0 rings (SSSR count). The molecule has 1 unspecified atom stereocenters. The van der Waals surface area contributed by atoms with Gasteiger partial charge < -0.3 is 5.11 Å². The van der Waals surface area contributed by atoms with Crippen molar-refractivity contribution in [2.24, 2.45) is 0 Å². The molecule has 0 radical (unpaired) electrons. The molecule has 0 bridgehead atoms. The van der Waals surface area contributed by atoms with Crippen LogP contribution in [0.3, 0.4) is 0 Å². The minimum Gasteiger partial charge on any atom is -0.389 e. The van der Waals surface area contributed by atoms with E-state index >= 15 is 0 Å². The van der Waals surface area contributed by atoms with Gasteiger partial charge in [-0.2, -0.15) is 0 Å². The summed E-state index contributed by atoms with van der Waals surface area (Å²) in [5.74, 6) is 0. The molecule has 6 heteroatoms. The Bertz CT molecular complexity index is 225. The molecule has 0 heterocycles. The van der Waals surface area contributed by atoms with Crippen molar-refractivity contribution >= 4 is 21.6 Å². The van der Waals surface area contributed by atoms with Crippen molar-refractivity contribution in [3.8, 4) is 0 Å². The number of rotatable bonds is 5. The number of hydrogen-bond donors (Lipinski definition) is 2. The van der Waals surface area contributed by atoms with Crippen LogP contribution in [0.15, 0.2) is 0 Å². The molecule has 0 aromatic heterocycles. The van der Waals surface area contributed by atoms with Crippen LogP contribution in [0.5, 0.6) is 0 Å². The lowest BCUT2D eigenvalue weighted by Crippen LogP contribution is -2.40. The first-order valence-corrected chi connectivity index (χ1v) is 5.77. The van der Waals surface area contributed by atoms with Gasteiger partial charge in [0.1, 0.15) is 5.21 Å². The number of hydrogen-bond acceptors (Lipinski definition) is 3. The summed E-state index contributed by atoms with van der Waals surface area (Å²) in [5, 5.41) is 8.93. The van der Waals surface area contributed by atoms with Crippen LogP contribution < -0.4 is 4.72 Å². The first-order chi connectivity index (χ1) is 5.33. The Balaban J connectivity index is 4.00. The summed E-state index contributed by atoms with van der Waals surface area (Å²) in [7, 11) is -3.41. The summed E-state index contributed by atoms with van der Waals surface area (Å²) in [6, 6.07) is 0. The molecule has 0 saturated heterocycles. The molecular weight excluding hydrogens is 202 g/mol. The van der Waals surface area contributed by atoms with E-state index in [1.807, 2.05) is 0 Å². The highest BCUT2D eigenvalue weighted by atomic mass is 35.5. The van der Waals surface area contributed by atoms with Gasteiger partial charge in [0.15, 0.2) is 0 Å². The summed E-state index contributed by atoms with van der Waals surface area (Å²) >= 11 is 5.13. The number of alkyl halides is 1. The molecule has 0 amide bonds. The van der Waals surface area contributed by atoms with Crippen molar-refractivity contribution in [2.45, 2.75) is 25.9 Å². The molecule has 0 aliphatic heterocycles. The van der Waals surface area contributed by atoms with E-state index in [0.717, 1.165) is 0 Å². The van der Waals surface area contributed by atoms with Crippen molar-refractivity contribution in [3.63, 3.8) is 0 Å². The zero-order valence-electron chi connectivity index (χ0n) is 7.17. The van der Waals surface area contributed by atoms with Crippen molar-refractivity contribution in [1.82, 2.24) is 4.72 Å². The van der Waals surface area contributed by atoms with Crippen LogP contribution >= 0.6 is 11.6 Å². The Morgan fingerprint density at radius 3 is 2.42 bits per heavy atom. The predicted molar refractivity (Wildman–Crippen MR) is 48.6 cm³/mol. The third kappa shape index (κ3) is 4.92. The Hall–Kier alpha value is 0.160. The van der Waals surface area contributed by atoms with Crippen LogP contribution in [-0.4, -0.2) is 30.9 Å². The summed E-state index contributed by atoms with van der Waals surface area (Å²) in [4.78, 5) is 0. The molecule has 1 atom stereocenters. The van der Waals surface area contributed by atoms with Gasteiger partial charge in [-0.15, -0.1) is 11.6 Å². The van der Waals surface area contributed by atoms with Gasteiger partial charge in [0.2, 0.25) is 10.0 Å². The highest BCUT2D eigenvalue weighted by molar-refractivity contribution is 7.90. The van der Waals surface area contributed by atoms with Crippen LogP contribution in [-0.2, 0) is 10.0 Å². The third-order valence-corrected chi connectivity index (χ3v) is 3.31. The van der Waals surface area contributed by atoms with Gasteiger partial charge in [-0.05, 0) is 13.3 Å². The minimum absolute atomic E-state index is 0.00144. The summed E-state index contributed by atoms with van der Waals surface area (Å²) in [6.45, 7) is 3.33. The second kappa shape index (κ2) is 4.41. The number of sulfonamides is 1. The maximum Gasteiger partial charge on any atom is 0.225 e. The fourth-order valence-electron chi connectivity index (χ4n) is 0.429. The molecule has 12 heavy (non-hydrogen) atoms. The Morgan fingerprint density at radius 2 is 2.08 bits per heavy atom. The first kappa shape index (κ1) is 12.2. The summed E-state index contributed by atoms with van der Waals surface area (Å²) in [5.41, 5.74) is -1.00. The van der Waals surface area contributed by atoms with E-state index in [4.69, 9.17) is 11.6 Å². The largest absolute Gasteiger partial charge is 0.389 e. The third-order valence-electron chi connectivity index (χ3n) is 1.58. The van der Waals surface area contributed by atoms with E-state index in [1.165, 1.54) is 0 Å². The second-order valence-corrected chi connectivity index (χ2v) is 5.29. The predicted octanol–water partition coefficient (Wildman–Crippen LogP) is 0.263. The van der Waals surface area contributed by atoms with Gasteiger partial charge >= 0.3 is 0 Å². The number of halogens is 1. The second-order valence-electron chi connectivity index (χ2n) is 2.90. The highest BCUT2D eigenvalue weighted by Gasteiger charge is 2.20. The van der Waals surface area contributed by atoms with Crippen molar-refractivity contribution in [3.05, 3.63) is 0 Å². The zero-order chi connectivity index (χ0) is 9.83. The molecule has 74 valence electrons. The van der Waals surface area contributed by atoms with E-state index in [1.54, 1.807) is 13.8 Å². The maximum absolute atomic E-state index is 10.8. The van der Waals surface area contributed by atoms with E-state index < -0.39 is 20.8 Å². The Morgan fingerprint density at radius 1 is 1.58 bits per heavy atom. The first-order valence-electron chi connectivity index (χ1n) is 3.58. The average molecular weight is 216 g/mol. The van der Waals surface area contributed by atoms with E-state index in [2.05, 4.69) is 4.72 Å². The molecule has 0 aromatic carbocycles. The fourth-order valence-corrected chi connectivity index (χ4v) is 1.27. The van der Waals surface area contributed by atoms with Crippen LogP contribution in [0.1, 0.15) is 20.3 Å². The van der Waals surface area contributed by atoms with Crippen LogP contribution in [0.25, 0.3) is 0 Å². The lowest BCUT2D eigenvalue weighted by atomic mass is 10.1. The normalized spacial score (nSPS) is 17.3. The molecule has 0 aromatic rings. The minimum atomic E-state index is -3.41. The van der Waals surface area contributed by atoms with Crippen LogP contribution in [0.4, 0.5) is 0 Å². The topological polar surface area (TPSA) is 66.4 Å². The monoisotopic (exact) mass is 215 g/mol. The van der Waals surface area contributed by atoms with Crippen molar-refractivity contribution in [2.75, 3.05) is 11.8 Å². The molecule has 0 saturated carbocycles. The highest BCUT2D eigenvalue weighted by Crippen LogP contribution is 2.06. The fraction of sp³-hybridized carbons (Fsp3) is 1.00. The van der Waals surface area contributed by atoms with Gasteiger partial charge in [-0.1, -0.05) is 6.92 Å². The zero-order valence-corrected chi connectivity index (χ0v) is 8.74. The SMILES string of the molecule is CCC(C)(O)CNS(=O)(=O)CCl. The Labute approximate surface area is 78.0 Å². The van der Waals surface area contributed by atoms with E-state index in [0.29, 0.717) is 6.42 Å². The molecule has 0 aliphatic rings. The average Bonchev–Trinajstić information content (AvgIpc) is 2.02.